The lowest BCUT2D eigenvalue weighted by Gasteiger charge is -2.17. The molecule has 0 amide bonds. The lowest BCUT2D eigenvalue weighted by atomic mass is 10.1. The number of anilines is 1. The third kappa shape index (κ3) is 5.40. The average Bonchev–Trinajstić information content (AvgIpc) is 2.64. The molecule has 5 heteroatoms. The van der Waals surface area contributed by atoms with Gasteiger partial charge in [-0.15, -0.1) is 0 Å². The Labute approximate surface area is 150 Å². The Morgan fingerprint density at radius 3 is 2.36 bits per heavy atom. The minimum absolute atomic E-state index is 0.0938. The first-order valence-electron chi connectivity index (χ1n) is 7.85. The number of benzene rings is 2. The van der Waals surface area contributed by atoms with Crippen LogP contribution < -0.4 is 4.90 Å². The van der Waals surface area contributed by atoms with Crippen LogP contribution in [0.25, 0.3) is 6.08 Å². The maximum Gasteiger partial charge on any atom is 0.185 e. The minimum atomic E-state index is -1.04. The van der Waals surface area contributed by atoms with Gasteiger partial charge >= 0.3 is 0 Å². The molecule has 0 saturated carbocycles. The zero-order chi connectivity index (χ0) is 18.2. The molecule has 2 aromatic rings. The van der Waals surface area contributed by atoms with Crippen molar-refractivity contribution < 1.29 is 9.00 Å². The number of hydrogen-bond donors (Lipinski definition) is 0. The van der Waals surface area contributed by atoms with Crippen molar-refractivity contribution in [1.29, 1.82) is 5.26 Å². The zero-order valence-corrected chi connectivity index (χ0v) is 15.1. The van der Waals surface area contributed by atoms with Gasteiger partial charge in [0, 0.05) is 46.8 Å². The number of ketones is 1. The number of nitriles is 1. The summed E-state index contributed by atoms with van der Waals surface area (Å²) in [5, 5.41) is 8.63. The molecule has 0 fully saturated rings. The van der Waals surface area contributed by atoms with Crippen LogP contribution in [0.3, 0.4) is 0 Å². The minimum Gasteiger partial charge on any atom is -0.374 e. The standard InChI is InChI=1S/C20H20N2O2S/c1-22(15-3-14-21)18-9-4-16(5-10-18)6-13-20(23)17-7-11-19(12-8-17)25(2)24/h4-13H,3,15H2,1-2H3/b13-6+. The van der Waals surface area contributed by atoms with Crippen LogP contribution in [-0.2, 0) is 10.8 Å². The average molecular weight is 352 g/mol. The SMILES string of the molecule is CN(CCC#N)c1ccc(/C=C/C(=O)c2ccc(S(C)=O)cc2)cc1. The molecule has 2 aromatic carbocycles. The van der Waals surface area contributed by atoms with E-state index in [1.54, 1.807) is 36.6 Å². The molecule has 0 heterocycles. The van der Waals surface area contributed by atoms with E-state index in [4.69, 9.17) is 5.26 Å². The largest absolute Gasteiger partial charge is 0.374 e. The first-order chi connectivity index (χ1) is 12.0. The van der Waals surface area contributed by atoms with Crippen molar-refractivity contribution in [3.8, 4) is 6.07 Å². The Morgan fingerprint density at radius 1 is 1.16 bits per heavy atom. The Bertz CT molecular complexity index is 818. The number of carbonyl (C=O) groups is 1. The second kappa shape index (κ2) is 8.95. The Kier molecular flexibility index (Phi) is 6.67. The van der Waals surface area contributed by atoms with Gasteiger partial charge in [-0.1, -0.05) is 18.2 Å². The first kappa shape index (κ1) is 18.6. The van der Waals surface area contributed by atoms with Gasteiger partial charge in [-0.05, 0) is 48.0 Å². The van der Waals surface area contributed by atoms with Crippen molar-refractivity contribution >= 4 is 28.3 Å². The van der Waals surface area contributed by atoms with Crippen molar-refractivity contribution in [2.45, 2.75) is 11.3 Å². The van der Waals surface area contributed by atoms with Crippen molar-refractivity contribution in [1.82, 2.24) is 0 Å². The predicted octanol–water partition coefficient (Wildman–Crippen LogP) is 3.67. The fraction of sp³-hybridized carbons (Fsp3) is 0.200. The van der Waals surface area contributed by atoms with E-state index in [9.17, 15) is 9.00 Å². The van der Waals surface area contributed by atoms with Gasteiger partial charge in [0.05, 0.1) is 12.5 Å². The molecule has 4 nitrogen and oxygen atoms in total. The van der Waals surface area contributed by atoms with Crippen molar-refractivity contribution in [2.24, 2.45) is 0 Å². The van der Waals surface area contributed by atoms with Crippen LogP contribution in [-0.4, -0.2) is 29.8 Å². The van der Waals surface area contributed by atoms with E-state index in [0.29, 0.717) is 23.4 Å². The summed E-state index contributed by atoms with van der Waals surface area (Å²) in [6, 6.07) is 16.7. The molecule has 0 spiro atoms. The predicted molar refractivity (Wildman–Crippen MR) is 102 cm³/mol. The van der Waals surface area contributed by atoms with Crippen LogP contribution >= 0.6 is 0 Å². The number of allylic oxidation sites excluding steroid dienone is 1. The summed E-state index contributed by atoms with van der Waals surface area (Å²) >= 11 is 0. The van der Waals surface area contributed by atoms with E-state index in [0.717, 1.165) is 11.3 Å². The topological polar surface area (TPSA) is 61.2 Å². The highest BCUT2D eigenvalue weighted by Crippen LogP contribution is 2.15. The number of nitrogens with zero attached hydrogens (tertiary/aromatic N) is 2. The van der Waals surface area contributed by atoms with E-state index in [2.05, 4.69) is 6.07 Å². The van der Waals surface area contributed by atoms with Gasteiger partial charge in [-0.25, -0.2) is 0 Å². The van der Waals surface area contributed by atoms with Crippen molar-refractivity contribution in [3.05, 3.63) is 65.7 Å². The molecule has 0 N–H and O–H groups in total. The fourth-order valence-electron chi connectivity index (χ4n) is 2.27. The van der Waals surface area contributed by atoms with E-state index >= 15 is 0 Å². The molecule has 0 saturated heterocycles. The van der Waals surface area contributed by atoms with Crippen LogP contribution in [0.1, 0.15) is 22.3 Å². The van der Waals surface area contributed by atoms with E-state index in [1.165, 1.54) is 6.08 Å². The summed E-state index contributed by atoms with van der Waals surface area (Å²) in [5.41, 5.74) is 2.53. The second-order valence-corrected chi connectivity index (χ2v) is 6.98. The third-order valence-electron chi connectivity index (χ3n) is 3.79. The van der Waals surface area contributed by atoms with E-state index in [-0.39, 0.29) is 5.78 Å². The van der Waals surface area contributed by atoms with E-state index in [1.807, 2.05) is 36.2 Å². The van der Waals surface area contributed by atoms with Crippen LogP contribution in [0.15, 0.2) is 59.5 Å². The molecule has 0 aliphatic rings. The molecule has 128 valence electrons. The number of carbonyl (C=O) groups excluding carboxylic acids is 1. The maximum absolute atomic E-state index is 12.2. The highest BCUT2D eigenvalue weighted by molar-refractivity contribution is 7.84. The van der Waals surface area contributed by atoms with Gasteiger partial charge in [0.2, 0.25) is 0 Å². The summed E-state index contributed by atoms with van der Waals surface area (Å²) in [6.45, 7) is 0.683. The van der Waals surface area contributed by atoms with Crippen LogP contribution in [0, 0.1) is 11.3 Å². The molecule has 1 atom stereocenters. The third-order valence-corrected chi connectivity index (χ3v) is 4.73. The lowest BCUT2D eigenvalue weighted by Crippen LogP contribution is -2.17. The number of hydrogen-bond acceptors (Lipinski definition) is 4. The zero-order valence-electron chi connectivity index (χ0n) is 14.3. The van der Waals surface area contributed by atoms with Gasteiger partial charge in [-0.2, -0.15) is 5.26 Å². The summed E-state index contributed by atoms with van der Waals surface area (Å²) < 4.78 is 11.4. The van der Waals surface area contributed by atoms with Crippen LogP contribution in [0.2, 0.25) is 0 Å². The second-order valence-electron chi connectivity index (χ2n) is 5.60. The van der Waals surface area contributed by atoms with Crippen molar-refractivity contribution in [2.75, 3.05) is 24.7 Å². The summed E-state index contributed by atoms with van der Waals surface area (Å²) in [6.07, 6.45) is 5.40. The molecule has 0 aliphatic heterocycles. The van der Waals surface area contributed by atoms with Gasteiger partial charge in [-0.3, -0.25) is 9.00 Å². The molecule has 2 rings (SSSR count). The Morgan fingerprint density at radius 2 is 1.80 bits per heavy atom. The Balaban J connectivity index is 2.02. The fourth-order valence-corrected chi connectivity index (χ4v) is 2.79. The molecular formula is C20H20N2O2S. The van der Waals surface area contributed by atoms with Crippen LogP contribution in [0.4, 0.5) is 5.69 Å². The molecule has 25 heavy (non-hydrogen) atoms. The normalized spacial score (nSPS) is 11.9. The lowest BCUT2D eigenvalue weighted by molar-refractivity contribution is 0.104. The summed E-state index contributed by atoms with van der Waals surface area (Å²) in [7, 11) is 0.900. The van der Waals surface area contributed by atoms with Gasteiger partial charge in [0.15, 0.2) is 5.78 Å². The number of rotatable bonds is 7. The van der Waals surface area contributed by atoms with Crippen LogP contribution in [0.5, 0.6) is 0 Å². The van der Waals surface area contributed by atoms with Gasteiger partial charge in [0.25, 0.3) is 0 Å². The molecule has 0 radical (unpaired) electrons. The summed E-state index contributed by atoms with van der Waals surface area (Å²) in [5.74, 6) is -0.0938. The first-order valence-corrected chi connectivity index (χ1v) is 9.41. The van der Waals surface area contributed by atoms with Gasteiger partial charge < -0.3 is 4.90 Å². The quantitative estimate of drug-likeness (QED) is 0.563. The molecular weight excluding hydrogens is 332 g/mol. The summed E-state index contributed by atoms with van der Waals surface area (Å²) in [4.78, 5) is 14.9. The molecule has 0 bridgehead atoms. The maximum atomic E-state index is 12.2. The van der Waals surface area contributed by atoms with Crippen molar-refractivity contribution in [3.63, 3.8) is 0 Å². The highest BCUT2D eigenvalue weighted by atomic mass is 32.2. The monoisotopic (exact) mass is 352 g/mol. The Hall–Kier alpha value is -2.71. The molecule has 0 aliphatic carbocycles. The smallest absolute Gasteiger partial charge is 0.185 e. The van der Waals surface area contributed by atoms with Gasteiger partial charge in [0.1, 0.15) is 0 Å². The molecule has 1 unspecified atom stereocenters. The molecule has 0 aromatic heterocycles. The van der Waals surface area contributed by atoms with E-state index < -0.39 is 10.8 Å². The highest BCUT2D eigenvalue weighted by Gasteiger charge is 2.04.